The van der Waals surface area contributed by atoms with Crippen molar-refractivity contribution in [2.45, 2.75) is 20.3 Å². The summed E-state index contributed by atoms with van der Waals surface area (Å²) in [6.07, 6.45) is 2.59. The summed E-state index contributed by atoms with van der Waals surface area (Å²) in [4.78, 5) is 14.7. The second-order valence-electron chi connectivity index (χ2n) is 3.57. The molecule has 4 heteroatoms. The molecule has 4 nitrogen and oxygen atoms in total. The fourth-order valence-corrected chi connectivity index (χ4v) is 1.24. The predicted molar refractivity (Wildman–Crippen MR) is 48.7 cm³/mol. The lowest BCUT2D eigenvalue weighted by Gasteiger charge is -1.98. The lowest BCUT2D eigenvalue weighted by Crippen LogP contribution is -2.05. The molecule has 13 heavy (non-hydrogen) atoms. The molecule has 0 spiro atoms. The number of nitrogens with zero attached hydrogens (tertiary/aromatic N) is 2. The lowest BCUT2D eigenvalue weighted by molar-refractivity contribution is 0.0679. The van der Waals surface area contributed by atoms with Crippen LogP contribution in [-0.4, -0.2) is 20.6 Å². The lowest BCUT2D eigenvalue weighted by atomic mass is 10.1. The summed E-state index contributed by atoms with van der Waals surface area (Å²) in [5.74, 6) is -0.371. The molecule has 1 N–H and O–H groups in total. The van der Waals surface area contributed by atoms with Crippen molar-refractivity contribution in [2.24, 2.45) is 13.0 Å². The number of imidazole rings is 1. The van der Waals surface area contributed by atoms with Crippen LogP contribution in [0.3, 0.4) is 0 Å². The van der Waals surface area contributed by atoms with Gasteiger partial charge in [0.25, 0.3) is 0 Å². The van der Waals surface area contributed by atoms with E-state index < -0.39 is 5.97 Å². The largest absolute Gasteiger partial charge is 0.475 e. The third-order valence-corrected chi connectivity index (χ3v) is 1.73. The van der Waals surface area contributed by atoms with Gasteiger partial charge in [0, 0.05) is 13.2 Å². The number of hydrogen-bond donors (Lipinski definition) is 1. The van der Waals surface area contributed by atoms with Gasteiger partial charge < -0.3 is 9.67 Å². The van der Waals surface area contributed by atoms with Gasteiger partial charge in [0.2, 0.25) is 5.82 Å². The number of aryl methyl sites for hydroxylation is 1. The van der Waals surface area contributed by atoms with Gasteiger partial charge >= 0.3 is 5.97 Å². The van der Waals surface area contributed by atoms with Gasteiger partial charge in [-0.2, -0.15) is 0 Å². The van der Waals surface area contributed by atoms with Crippen molar-refractivity contribution >= 4 is 5.97 Å². The summed E-state index contributed by atoms with van der Waals surface area (Å²) in [6.45, 7) is 4.16. The molecule has 1 aromatic heterocycles. The first-order valence-corrected chi connectivity index (χ1v) is 4.26. The fourth-order valence-electron chi connectivity index (χ4n) is 1.24. The van der Waals surface area contributed by atoms with E-state index in [2.05, 4.69) is 18.8 Å². The van der Waals surface area contributed by atoms with Crippen LogP contribution in [0.4, 0.5) is 0 Å². The molecule has 0 aromatic carbocycles. The normalized spacial score (nSPS) is 10.8. The molecule has 0 saturated carbocycles. The van der Waals surface area contributed by atoms with Crippen molar-refractivity contribution in [1.82, 2.24) is 9.55 Å². The average Bonchev–Trinajstić information content (AvgIpc) is 2.29. The van der Waals surface area contributed by atoms with E-state index in [4.69, 9.17) is 5.11 Å². The van der Waals surface area contributed by atoms with Crippen molar-refractivity contribution in [2.75, 3.05) is 0 Å². The molecule has 72 valence electrons. The molecule has 0 radical (unpaired) electrons. The van der Waals surface area contributed by atoms with Crippen molar-refractivity contribution in [3.63, 3.8) is 0 Å². The van der Waals surface area contributed by atoms with Crippen LogP contribution >= 0.6 is 0 Å². The first kappa shape index (κ1) is 9.77. The van der Waals surface area contributed by atoms with E-state index in [1.807, 2.05) is 0 Å². The first-order chi connectivity index (χ1) is 6.00. The topological polar surface area (TPSA) is 55.1 Å². The van der Waals surface area contributed by atoms with Crippen LogP contribution in [0, 0.1) is 5.92 Å². The van der Waals surface area contributed by atoms with Crippen LogP contribution in [-0.2, 0) is 13.5 Å². The van der Waals surface area contributed by atoms with E-state index in [1.165, 1.54) is 0 Å². The second kappa shape index (κ2) is 3.60. The van der Waals surface area contributed by atoms with Crippen LogP contribution in [0.2, 0.25) is 0 Å². The zero-order valence-corrected chi connectivity index (χ0v) is 8.11. The molecule has 0 bridgehead atoms. The van der Waals surface area contributed by atoms with E-state index in [0.29, 0.717) is 5.92 Å². The van der Waals surface area contributed by atoms with Crippen LogP contribution in [0.15, 0.2) is 6.20 Å². The fraction of sp³-hybridized carbons (Fsp3) is 0.556. The quantitative estimate of drug-likeness (QED) is 0.767. The summed E-state index contributed by atoms with van der Waals surface area (Å²) >= 11 is 0. The highest BCUT2D eigenvalue weighted by Crippen LogP contribution is 2.07. The Hall–Kier alpha value is -1.32. The second-order valence-corrected chi connectivity index (χ2v) is 3.57. The minimum Gasteiger partial charge on any atom is -0.475 e. The third-order valence-electron chi connectivity index (χ3n) is 1.73. The first-order valence-electron chi connectivity index (χ1n) is 4.26. The molecule has 0 saturated heterocycles. The molecule has 0 aliphatic heterocycles. The highest BCUT2D eigenvalue weighted by Gasteiger charge is 2.12. The zero-order chi connectivity index (χ0) is 10.0. The van der Waals surface area contributed by atoms with E-state index in [1.54, 1.807) is 17.8 Å². The van der Waals surface area contributed by atoms with E-state index in [-0.39, 0.29) is 5.82 Å². The van der Waals surface area contributed by atoms with Crippen molar-refractivity contribution < 1.29 is 9.90 Å². The number of rotatable bonds is 3. The van der Waals surface area contributed by atoms with E-state index >= 15 is 0 Å². The Morgan fingerprint density at radius 3 is 2.69 bits per heavy atom. The van der Waals surface area contributed by atoms with Crippen molar-refractivity contribution in [1.29, 1.82) is 0 Å². The average molecular weight is 182 g/mol. The standard InChI is InChI=1S/C9H14N2O2/c1-6(2)4-7-5-11(3)8(10-7)9(12)13/h5-6H,4H2,1-3H3,(H,12,13). The Bertz CT molecular complexity index is 315. The third kappa shape index (κ3) is 2.31. The molecular weight excluding hydrogens is 168 g/mol. The van der Waals surface area contributed by atoms with Gasteiger partial charge in [0.15, 0.2) is 0 Å². The number of hydrogen-bond acceptors (Lipinski definition) is 2. The van der Waals surface area contributed by atoms with Gasteiger partial charge in [-0.05, 0) is 12.3 Å². The number of aromatic nitrogens is 2. The van der Waals surface area contributed by atoms with Crippen LogP contribution in [0.5, 0.6) is 0 Å². The van der Waals surface area contributed by atoms with Crippen LogP contribution in [0.1, 0.15) is 30.2 Å². The smallest absolute Gasteiger partial charge is 0.372 e. The van der Waals surface area contributed by atoms with Gasteiger partial charge in [-0.25, -0.2) is 9.78 Å². The minimum absolute atomic E-state index is 0.107. The summed E-state index contributed by atoms with van der Waals surface area (Å²) in [7, 11) is 1.69. The molecule has 0 fully saturated rings. The van der Waals surface area contributed by atoms with E-state index in [0.717, 1.165) is 12.1 Å². The maximum absolute atomic E-state index is 10.6. The Kier molecular flexibility index (Phi) is 2.70. The zero-order valence-electron chi connectivity index (χ0n) is 8.11. The highest BCUT2D eigenvalue weighted by molar-refractivity contribution is 5.83. The summed E-state index contributed by atoms with van der Waals surface area (Å²) < 4.78 is 1.54. The molecule has 0 atom stereocenters. The van der Waals surface area contributed by atoms with Gasteiger partial charge in [-0.1, -0.05) is 13.8 Å². The summed E-state index contributed by atoms with van der Waals surface area (Å²) in [5, 5.41) is 8.73. The molecule has 1 rings (SSSR count). The highest BCUT2D eigenvalue weighted by atomic mass is 16.4. The monoisotopic (exact) mass is 182 g/mol. The van der Waals surface area contributed by atoms with Crippen molar-refractivity contribution in [3.05, 3.63) is 17.7 Å². The van der Waals surface area contributed by atoms with Crippen LogP contribution < -0.4 is 0 Å². The maximum atomic E-state index is 10.6. The Morgan fingerprint density at radius 2 is 2.31 bits per heavy atom. The summed E-state index contributed by atoms with van der Waals surface area (Å²) in [6, 6.07) is 0. The molecule has 0 aliphatic rings. The van der Waals surface area contributed by atoms with Gasteiger partial charge in [0.05, 0.1) is 5.69 Å². The number of carboxylic acids is 1. The SMILES string of the molecule is CC(C)Cc1cn(C)c(C(=O)O)n1. The molecule has 1 heterocycles. The predicted octanol–water partition coefficient (Wildman–Crippen LogP) is 1.32. The molecule has 0 unspecified atom stereocenters. The minimum atomic E-state index is -0.975. The maximum Gasteiger partial charge on any atom is 0.372 e. The van der Waals surface area contributed by atoms with Gasteiger partial charge in [-0.15, -0.1) is 0 Å². The van der Waals surface area contributed by atoms with Crippen molar-refractivity contribution in [3.8, 4) is 0 Å². The van der Waals surface area contributed by atoms with Gasteiger partial charge in [-0.3, -0.25) is 0 Å². The number of aromatic carboxylic acids is 1. The molecule has 1 aromatic rings. The Labute approximate surface area is 77.2 Å². The molecule has 0 aliphatic carbocycles. The molecular formula is C9H14N2O2. The van der Waals surface area contributed by atoms with E-state index in [9.17, 15) is 4.79 Å². The van der Waals surface area contributed by atoms with Gasteiger partial charge in [0.1, 0.15) is 0 Å². The Balaban J connectivity index is 2.89. The number of carbonyl (C=O) groups is 1. The number of carboxylic acid groups (broad SMARTS) is 1. The summed E-state index contributed by atoms with van der Waals surface area (Å²) in [5.41, 5.74) is 0.843. The van der Waals surface area contributed by atoms with Crippen LogP contribution in [0.25, 0.3) is 0 Å². The molecule has 0 amide bonds. The Morgan fingerprint density at radius 1 is 1.69 bits per heavy atom.